The Bertz CT molecular complexity index is 885. The van der Waals surface area contributed by atoms with Gasteiger partial charge in [0.25, 0.3) is 5.91 Å². The molecule has 26 heavy (non-hydrogen) atoms. The Kier molecular flexibility index (Phi) is 5.03. The highest BCUT2D eigenvalue weighted by atomic mass is 32.1. The number of amides is 1. The molecule has 1 amide bonds. The number of thiazole rings is 1. The zero-order valence-electron chi connectivity index (χ0n) is 15.2. The Morgan fingerprint density at radius 2 is 2.04 bits per heavy atom. The summed E-state index contributed by atoms with van der Waals surface area (Å²) in [5.41, 5.74) is 1.01. The van der Waals surface area contributed by atoms with Gasteiger partial charge in [0.15, 0.2) is 5.13 Å². The summed E-state index contributed by atoms with van der Waals surface area (Å²) >= 11 is 1.49. The van der Waals surface area contributed by atoms with Crippen LogP contribution in [0.3, 0.4) is 0 Å². The van der Waals surface area contributed by atoms with Crippen LogP contribution < -0.4 is 10.1 Å². The van der Waals surface area contributed by atoms with Gasteiger partial charge in [-0.3, -0.25) is 10.1 Å². The number of carbonyl (C=O) groups is 1. The van der Waals surface area contributed by atoms with Crippen molar-refractivity contribution >= 4 is 22.4 Å². The maximum atomic E-state index is 12.7. The van der Waals surface area contributed by atoms with Gasteiger partial charge in [-0.05, 0) is 44.5 Å². The SMILES string of the molecule is CCc1sc(NC(=O)C(C)(C)n2cncn2)nc1-c1ccc(OC)cc1. The molecule has 2 aromatic heterocycles. The van der Waals surface area contributed by atoms with Crippen LogP contribution in [0.2, 0.25) is 0 Å². The number of rotatable bonds is 6. The molecule has 0 aliphatic rings. The number of methoxy groups -OCH3 is 1. The normalized spacial score (nSPS) is 11.4. The summed E-state index contributed by atoms with van der Waals surface area (Å²) in [4.78, 5) is 22.4. The number of aromatic nitrogens is 4. The molecule has 0 atom stereocenters. The van der Waals surface area contributed by atoms with E-state index in [1.54, 1.807) is 21.0 Å². The monoisotopic (exact) mass is 371 g/mol. The lowest BCUT2D eigenvalue weighted by atomic mass is 10.1. The first-order valence-electron chi connectivity index (χ1n) is 8.26. The second kappa shape index (κ2) is 7.25. The van der Waals surface area contributed by atoms with Crippen molar-refractivity contribution in [2.24, 2.45) is 0 Å². The molecule has 1 aromatic carbocycles. The molecule has 8 heteroatoms. The molecular formula is C18H21N5O2S. The predicted octanol–water partition coefficient (Wildman–Crippen LogP) is 3.35. The number of nitrogens with zero attached hydrogens (tertiary/aromatic N) is 4. The molecule has 0 fully saturated rings. The first-order chi connectivity index (χ1) is 12.5. The Morgan fingerprint density at radius 1 is 1.31 bits per heavy atom. The van der Waals surface area contributed by atoms with Gasteiger partial charge in [0.2, 0.25) is 0 Å². The van der Waals surface area contributed by atoms with Gasteiger partial charge < -0.3 is 4.74 Å². The van der Waals surface area contributed by atoms with Gasteiger partial charge in [0.1, 0.15) is 23.9 Å². The van der Waals surface area contributed by atoms with Gasteiger partial charge in [-0.15, -0.1) is 11.3 Å². The Hall–Kier alpha value is -2.74. The molecule has 1 N–H and O–H groups in total. The third-order valence-corrected chi connectivity index (χ3v) is 5.26. The number of carbonyl (C=O) groups excluding carboxylic acids is 1. The van der Waals surface area contributed by atoms with Gasteiger partial charge in [-0.2, -0.15) is 5.10 Å². The van der Waals surface area contributed by atoms with Crippen molar-refractivity contribution in [1.82, 2.24) is 19.7 Å². The summed E-state index contributed by atoms with van der Waals surface area (Å²) < 4.78 is 6.73. The second-order valence-corrected chi connectivity index (χ2v) is 7.31. The fourth-order valence-electron chi connectivity index (χ4n) is 2.47. The zero-order valence-corrected chi connectivity index (χ0v) is 16.0. The number of hydrogen-bond donors (Lipinski definition) is 1. The van der Waals surface area contributed by atoms with E-state index in [4.69, 9.17) is 4.74 Å². The minimum Gasteiger partial charge on any atom is -0.497 e. The smallest absolute Gasteiger partial charge is 0.253 e. The van der Waals surface area contributed by atoms with Crippen LogP contribution in [0.4, 0.5) is 5.13 Å². The van der Waals surface area contributed by atoms with E-state index in [9.17, 15) is 4.79 Å². The average molecular weight is 371 g/mol. The maximum absolute atomic E-state index is 12.7. The van der Waals surface area contributed by atoms with Crippen LogP contribution in [0.25, 0.3) is 11.3 Å². The Balaban J connectivity index is 1.85. The molecular weight excluding hydrogens is 350 g/mol. The molecule has 0 bridgehead atoms. The van der Waals surface area contributed by atoms with Crippen molar-refractivity contribution in [3.05, 3.63) is 41.8 Å². The van der Waals surface area contributed by atoms with Gasteiger partial charge in [-0.25, -0.2) is 14.6 Å². The molecule has 0 radical (unpaired) electrons. The lowest BCUT2D eigenvalue weighted by molar-refractivity contribution is -0.123. The van der Waals surface area contributed by atoms with E-state index in [1.807, 2.05) is 24.3 Å². The molecule has 0 saturated carbocycles. The molecule has 7 nitrogen and oxygen atoms in total. The highest BCUT2D eigenvalue weighted by Crippen LogP contribution is 2.33. The largest absolute Gasteiger partial charge is 0.497 e. The summed E-state index contributed by atoms with van der Waals surface area (Å²) in [6.45, 7) is 5.65. The van der Waals surface area contributed by atoms with E-state index in [-0.39, 0.29) is 5.91 Å². The standard InChI is InChI=1S/C18H21N5O2S/c1-5-14-15(12-6-8-13(25-4)9-7-12)21-17(26-14)22-16(24)18(2,3)23-11-19-10-20-23/h6-11H,5H2,1-4H3,(H,21,22,24). The lowest BCUT2D eigenvalue weighted by Crippen LogP contribution is -2.40. The van der Waals surface area contributed by atoms with Crippen molar-refractivity contribution in [3.63, 3.8) is 0 Å². The average Bonchev–Trinajstić information content (AvgIpc) is 3.32. The van der Waals surface area contributed by atoms with E-state index >= 15 is 0 Å². The highest BCUT2D eigenvalue weighted by molar-refractivity contribution is 7.16. The lowest BCUT2D eigenvalue weighted by Gasteiger charge is -2.22. The summed E-state index contributed by atoms with van der Waals surface area (Å²) in [7, 11) is 1.64. The van der Waals surface area contributed by atoms with Crippen LogP contribution >= 0.6 is 11.3 Å². The van der Waals surface area contributed by atoms with E-state index in [0.717, 1.165) is 28.3 Å². The molecule has 0 unspecified atom stereocenters. The number of nitrogens with one attached hydrogen (secondary N) is 1. The van der Waals surface area contributed by atoms with Crippen molar-refractivity contribution in [2.75, 3.05) is 12.4 Å². The number of aryl methyl sites for hydroxylation is 1. The predicted molar refractivity (Wildman–Crippen MR) is 101 cm³/mol. The number of benzene rings is 1. The molecule has 0 aliphatic carbocycles. The topological polar surface area (TPSA) is 81.9 Å². The maximum Gasteiger partial charge on any atom is 0.253 e. The number of anilines is 1. The molecule has 3 rings (SSSR count). The summed E-state index contributed by atoms with van der Waals surface area (Å²) in [5.74, 6) is 0.603. The summed E-state index contributed by atoms with van der Waals surface area (Å²) in [6, 6.07) is 7.75. The van der Waals surface area contributed by atoms with Crippen molar-refractivity contribution < 1.29 is 9.53 Å². The molecule has 3 aromatic rings. The van der Waals surface area contributed by atoms with Crippen LogP contribution in [-0.4, -0.2) is 32.8 Å². The minimum atomic E-state index is -0.866. The first-order valence-corrected chi connectivity index (χ1v) is 9.08. The molecule has 0 saturated heterocycles. The summed E-state index contributed by atoms with van der Waals surface area (Å²) in [5, 5.41) is 7.56. The van der Waals surface area contributed by atoms with Crippen molar-refractivity contribution in [2.45, 2.75) is 32.7 Å². The Labute approximate surface area is 156 Å². The molecule has 0 spiro atoms. The van der Waals surface area contributed by atoms with E-state index in [2.05, 4.69) is 27.3 Å². The fraction of sp³-hybridized carbons (Fsp3) is 0.333. The molecule has 2 heterocycles. The van der Waals surface area contributed by atoms with Crippen molar-refractivity contribution in [3.8, 4) is 17.0 Å². The fourth-order valence-corrected chi connectivity index (χ4v) is 3.39. The van der Waals surface area contributed by atoms with E-state index in [0.29, 0.717) is 5.13 Å². The number of ether oxygens (including phenoxy) is 1. The molecule has 0 aliphatic heterocycles. The van der Waals surface area contributed by atoms with Gasteiger partial charge in [0, 0.05) is 10.4 Å². The number of hydrogen-bond acceptors (Lipinski definition) is 6. The van der Waals surface area contributed by atoms with Crippen LogP contribution in [0.5, 0.6) is 5.75 Å². The summed E-state index contributed by atoms with van der Waals surface area (Å²) in [6.07, 6.45) is 3.78. The van der Waals surface area contributed by atoms with Crippen LogP contribution in [0, 0.1) is 0 Å². The van der Waals surface area contributed by atoms with Crippen LogP contribution in [0.15, 0.2) is 36.9 Å². The van der Waals surface area contributed by atoms with Crippen LogP contribution in [0.1, 0.15) is 25.6 Å². The first kappa shape index (κ1) is 18.1. The van der Waals surface area contributed by atoms with Crippen LogP contribution in [-0.2, 0) is 16.8 Å². The quantitative estimate of drug-likeness (QED) is 0.719. The third kappa shape index (κ3) is 3.45. The van der Waals surface area contributed by atoms with Crippen molar-refractivity contribution in [1.29, 1.82) is 0 Å². The highest BCUT2D eigenvalue weighted by Gasteiger charge is 2.31. The van der Waals surface area contributed by atoms with E-state index in [1.165, 1.54) is 28.7 Å². The zero-order chi connectivity index (χ0) is 18.7. The van der Waals surface area contributed by atoms with Gasteiger partial charge in [0.05, 0.1) is 12.8 Å². The third-order valence-electron chi connectivity index (χ3n) is 4.15. The minimum absolute atomic E-state index is 0.194. The Morgan fingerprint density at radius 3 is 2.62 bits per heavy atom. The van der Waals surface area contributed by atoms with E-state index < -0.39 is 5.54 Å². The van der Waals surface area contributed by atoms with Gasteiger partial charge in [-0.1, -0.05) is 6.92 Å². The van der Waals surface area contributed by atoms with Gasteiger partial charge >= 0.3 is 0 Å². The molecule has 136 valence electrons. The second-order valence-electron chi connectivity index (χ2n) is 6.23.